The summed E-state index contributed by atoms with van der Waals surface area (Å²) in [6.45, 7) is 2.20. The SMILES string of the molecule is CC[CH2][Zr+].[OH-]. The Morgan fingerprint density at radius 1 is 1.60 bits per heavy atom. The summed E-state index contributed by atoms with van der Waals surface area (Å²) in [7, 11) is 0. The molecule has 2 heteroatoms. The Morgan fingerprint density at radius 2 is 1.80 bits per heavy atom. The van der Waals surface area contributed by atoms with Gasteiger partial charge in [-0.15, -0.1) is 0 Å². The summed E-state index contributed by atoms with van der Waals surface area (Å²) >= 11 is 1.67. The van der Waals surface area contributed by atoms with E-state index in [1.165, 1.54) is 10.5 Å². The fraction of sp³-hybridized carbons (Fsp3) is 1.00. The van der Waals surface area contributed by atoms with Crippen molar-refractivity contribution in [1.29, 1.82) is 0 Å². The average molecular weight is 151 g/mol. The van der Waals surface area contributed by atoms with Gasteiger partial charge in [-0.05, 0) is 0 Å². The summed E-state index contributed by atoms with van der Waals surface area (Å²) < 4.78 is 1.41. The van der Waals surface area contributed by atoms with Gasteiger partial charge < -0.3 is 5.48 Å². The van der Waals surface area contributed by atoms with Crippen molar-refractivity contribution in [2.75, 3.05) is 0 Å². The van der Waals surface area contributed by atoms with Crippen LogP contribution in [0.25, 0.3) is 0 Å². The smallest absolute Gasteiger partial charge is 0.870 e. The predicted octanol–water partition coefficient (Wildman–Crippen LogP) is 1.18. The van der Waals surface area contributed by atoms with Gasteiger partial charge in [0.15, 0.2) is 0 Å². The molecule has 0 aliphatic carbocycles. The normalized spacial score (nSPS) is 5.60. The Kier molecular flexibility index (Phi) is 16.4. The number of rotatable bonds is 1. The summed E-state index contributed by atoms with van der Waals surface area (Å²) in [4.78, 5) is 0. The second-order valence-corrected chi connectivity index (χ2v) is 1.98. The summed E-state index contributed by atoms with van der Waals surface area (Å²) in [5.41, 5.74) is 0. The molecule has 0 spiro atoms. The van der Waals surface area contributed by atoms with E-state index in [4.69, 9.17) is 0 Å². The van der Waals surface area contributed by atoms with Crippen molar-refractivity contribution >= 4 is 0 Å². The van der Waals surface area contributed by atoms with Gasteiger partial charge in [0.25, 0.3) is 0 Å². The van der Waals surface area contributed by atoms with Crippen LogP contribution in [0.1, 0.15) is 13.3 Å². The summed E-state index contributed by atoms with van der Waals surface area (Å²) in [6.07, 6.45) is 1.36. The molecule has 0 heterocycles. The van der Waals surface area contributed by atoms with Gasteiger partial charge in [-0.3, -0.25) is 0 Å². The molecular formula is C3H8OZr. The van der Waals surface area contributed by atoms with Crippen LogP contribution in [0, 0.1) is 0 Å². The van der Waals surface area contributed by atoms with E-state index < -0.39 is 0 Å². The van der Waals surface area contributed by atoms with Crippen molar-refractivity contribution in [2.45, 2.75) is 17.5 Å². The van der Waals surface area contributed by atoms with Crippen LogP contribution in [0.3, 0.4) is 0 Å². The molecule has 0 saturated heterocycles. The molecule has 0 aromatic rings. The van der Waals surface area contributed by atoms with Crippen LogP contribution in [0.4, 0.5) is 0 Å². The first-order chi connectivity index (χ1) is 1.91. The van der Waals surface area contributed by atoms with E-state index in [-0.39, 0.29) is 5.48 Å². The predicted molar refractivity (Wildman–Crippen MR) is 17.0 cm³/mol. The van der Waals surface area contributed by atoms with E-state index in [2.05, 4.69) is 6.92 Å². The Labute approximate surface area is 47.9 Å². The van der Waals surface area contributed by atoms with Crippen molar-refractivity contribution in [3.05, 3.63) is 0 Å². The van der Waals surface area contributed by atoms with Crippen LogP contribution >= 0.6 is 0 Å². The Morgan fingerprint density at radius 3 is 1.80 bits per heavy atom. The topological polar surface area (TPSA) is 30.0 Å². The van der Waals surface area contributed by atoms with Crippen LogP contribution in [-0.4, -0.2) is 5.48 Å². The number of hydrogen-bond donors (Lipinski definition) is 0. The third-order valence-corrected chi connectivity index (χ3v) is 1.48. The van der Waals surface area contributed by atoms with Gasteiger partial charge in [0.05, 0.1) is 0 Å². The maximum absolute atomic E-state index is 2.20. The third-order valence-electron chi connectivity index (χ3n) is 0.250. The summed E-state index contributed by atoms with van der Waals surface area (Å²) in [5.74, 6) is 0. The van der Waals surface area contributed by atoms with Crippen LogP contribution in [0.2, 0.25) is 4.13 Å². The Bertz CT molecular complexity index is 8.85. The molecule has 0 aromatic carbocycles. The van der Waals surface area contributed by atoms with Gasteiger partial charge in [-0.1, -0.05) is 0 Å². The maximum Gasteiger partial charge on any atom is -0.870 e. The largest absolute Gasteiger partial charge is 0.870 e. The molecule has 1 N–H and O–H groups in total. The zero-order chi connectivity index (χ0) is 3.41. The second-order valence-electron chi connectivity index (χ2n) is 0.750. The molecule has 0 saturated carbocycles. The van der Waals surface area contributed by atoms with Gasteiger partial charge in [0.2, 0.25) is 0 Å². The van der Waals surface area contributed by atoms with Crippen molar-refractivity contribution < 1.29 is 30.2 Å². The van der Waals surface area contributed by atoms with E-state index in [0.717, 1.165) is 0 Å². The van der Waals surface area contributed by atoms with Gasteiger partial charge >= 0.3 is 42.2 Å². The quantitative estimate of drug-likeness (QED) is 0.553. The van der Waals surface area contributed by atoms with Crippen molar-refractivity contribution in [3.8, 4) is 0 Å². The minimum Gasteiger partial charge on any atom is -0.870 e. The van der Waals surface area contributed by atoms with E-state index in [1.54, 1.807) is 24.7 Å². The van der Waals surface area contributed by atoms with Crippen LogP contribution < -0.4 is 0 Å². The minimum absolute atomic E-state index is 0. The Hall–Kier alpha value is 0.843. The first kappa shape index (κ1) is 9.28. The van der Waals surface area contributed by atoms with Crippen molar-refractivity contribution in [3.63, 3.8) is 0 Å². The molecule has 0 rings (SSSR count). The second kappa shape index (κ2) is 8.85. The molecule has 0 aromatic heterocycles. The fourth-order valence-electron chi connectivity index (χ4n) is 0. The molecule has 0 bridgehead atoms. The van der Waals surface area contributed by atoms with Crippen molar-refractivity contribution in [2.24, 2.45) is 0 Å². The fourth-order valence-corrected chi connectivity index (χ4v) is 0. The number of hydrogen-bond acceptors (Lipinski definition) is 1. The Balaban J connectivity index is 0. The molecule has 30 valence electrons. The average Bonchev–Trinajstić information content (AvgIpc) is 1.37. The summed E-state index contributed by atoms with van der Waals surface area (Å²) in [6, 6.07) is 0. The van der Waals surface area contributed by atoms with E-state index in [9.17, 15) is 0 Å². The van der Waals surface area contributed by atoms with Crippen molar-refractivity contribution in [1.82, 2.24) is 0 Å². The third kappa shape index (κ3) is 11.5. The molecule has 0 aliphatic rings. The standard InChI is InChI=1S/C3H7.H2O.Zr/c1-3-2;;/h1,3H2,2H3;1H2;/q;;+1/p-1. The van der Waals surface area contributed by atoms with Gasteiger partial charge in [0, 0.05) is 0 Å². The first-order valence-corrected chi connectivity index (χ1v) is 3.30. The van der Waals surface area contributed by atoms with E-state index in [1.807, 2.05) is 0 Å². The zero-order valence-corrected chi connectivity index (χ0v) is 5.82. The minimum atomic E-state index is 0. The van der Waals surface area contributed by atoms with Gasteiger partial charge in [0.1, 0.15) is 0 Å². The molecule has 0 aliphatic heterocycles. The van der Waals surface area contributed by atoms with Crippen LogP contribution in [-0.2, 0) is 24.7 Å². The van der Waals surface area contributed by atoms with Gasteiger partial charge in [-0.2, -0.15) is 0 Å². The molecule has 0 radical (unpaired) electrons. The molecule has 1 nitrogen and oxygen atoms in total. The van der Waals surface area contributed by atoms with Crippen LogP contribution in [0.15, 0.2) is 0 Å². The first-order valence-electron chi connectivity index (χ1n) is 1.56. The molecule has 5 heavy (non-hydrogen) atoms. The summed E-state index contributed by atoms with van der Waals surface area (Å²) in [5, 5.41) is 0. The molecule has 0 fully saturated rings. The molecule has 0 atom stereocenters. The maximum atomic E-state index is 2.20. The van der Waals surface area contributed by atoms with Gasteiger partial charge in [-0.25, -0.2) is 0 Å². The monoisotopic (exact) mass is 150 g/mol. The molecule has 0 amide bonds. The molecule has 0 unspecified atom stereocenters. The van der Waals surface area contributed by atoms with Crippen LogP contribution in [0.5, 0.6) is 0 Å². The molecular weight excluding hydrogens is 143 g/mol. The zero-order valence-electron chi connectivity index (χ0n) is 3.36. The van der Waals surface area contributed by atoms with E-state index >= 15 is 0 Å². The van der Waals surface area contributed by atoms with E-state index in [0.29, 0.717) is 0 Å².